The molecule has 1 aromatic rings. The van der Waals surface area contributed by atoms with Crippen molar-refractivity contribution in [3.05, 3.63) is 12.3 Å². The van der Waals surface area contributed by atoms with Gasteiger partial charge in [0, 0.05) is 19.6 Å². The van der Waals surface area contributed by atoms with Crippen LogP contribution in [0, 0.1) is 5.92 Å². The van der Waals surface area contributed by atoms with Crippen molar-refractivity contribution in [2.75, 3.05) is 6.54 Å². The molecule has 0 bridgehead atoms. The van der Waals surface area contributed by atoms with Gasteiger partial charge in [-0.15, -0.1) is 0 Å². The predicted octanol–water partition coefficient (Wildman–Crippen LogP) is 0.606. The number of hydrogen-bond donors (Lipinski definition) is 2. The van der Waals surface area contributed by atoms with Crippen LogP contribution in [0.1, 0.15) is 32.1 Å². The van der Waals surface area contributed by atoms with Crippen LogP contribution in [0.5, 0.6) is 0 Å². The number of hydrogen-bond acceptors (Lipinski definition) is 4. The van der Waals surface area contributed by atoms with E-state index in [0.717, 1.165) is 25.7 Å². The lowest BCUT2D eigenvalue weighted by molar-refractivity contribution is 0.293. The van der Waals surface area contributed by atoms with Gasteiger partial charge in [0.25, 0.3) is 10.0 Å². The van der Waals surface area contributed by atoms with Crippen LogP contribution < -0.4 is 10.5 Å². The first-order valence-electron chi connectivity index (χ1n) is 6.75. The van der Waals surface area contributed by atoms with E-state index in [0.29, 0.717) is 12.5 Å². The average molecular weight is 286 g/mol. The molecule has 3 N–H and O–H groups in total. The first-order chi connectivity index (χ1) is 9.04. The minimum absolute atomic E-state index is 0.180. The Hall–Kier alpha value is -0.920. The Balaban J connectivity index is 2.11. The van der Waals surface area contributed by atoms with Crippen LogP contribution in [0.15, 0.2) is 17.3 Å². The molecule has 1 saturated carbocycles. The van der Waals surface area contributed by atoms with Crippen molar-refractivity contribution in [1.82, 2.24) is 14.5 Å². The van der Waals surface area contributed by atoms with Gasteiger partial charge in [-0.3, -0.25) is 4.68 Å². The molecule has 1 atom stereocenters. The molecule has 0 saturated heterocycles. The first kappa shape index (κ1) is 14.5. The van der Waals surface area contributed by atoms with Gasteiger partial charge in [-0.1, -0.05) is 19.3 Å². The third kappa shape index (κ3) is 3.34. The smallest absolute Gasteiger partial charge is 0.258 e. The topological polar surface area (TPSA) is 90.0 Å². The number of nitrogens with two attached hydrogens (primary N) is 1. The number of sulfonamides is 1. The molecule has 0 radical (unpaired) electrons. The molecule has 0 aliphatic heterocycles. The summed E-state index contributed by atoms with van der Waals surface area (Å²) in [6.07, 6.45) is 7.14. The molecule has 1 unspecified atom stereocenters. The molecular weight excluding hydrogens is 264 g/mol. The highest BCUT2D eigenvalue weighted by Gasteiger charge is 2.28. The second-order valence-corrected chi connectivity index (χ2v) is 6.82. The van der Waals surface area contributed by atoms with Crippen LogP contribution >= 0.6 is 0 Å². The van der Waals surface area contributed by atoms with Crippen molar-refractivity contribution in [2.45, 2.75) is 43.2 Å². The third-order valence-corrected chi connectivity index (χ3v) is 5.39. The maximum atomic E-state index is 12.3. The summed E-state index contributed by atoms with van der Waals surface area (Å²) in [6, 6.07) is 1.32. The van der Waals surface area contributed by atoms with Gasteiger partial charge < -0.3 is 5.73 Å². The summed E-state index contributed by atoms with van der Waals surface area (Å²) in [5, 5.41) is 4.08. The number of aromatic nitrogens is 2. The van der Waals surface area contributed by atoms with E-state index in [2.05, 4.69) is 9.82 Å². The Morgan fingerprint density at radius 2 is 2.16 bits per heavy atom. The SMILES string of the molecule is Cn1nccc1S(=O)(=O)NC(CN)C1CCCCC1. The Morgan fingerprint density at radius 1 is 1.47 bits per heavy atom. The molecule has 1 aromatic heterocycles. The van der Waals surface area contributed by atoms with Crippen LogP contribution in [0.2, 0.25) is 0 Å². The van der Waals surface area contributed by atoms with Gasteiger partial charge in [-0.2, -0.15) is 5.10 Å². The molecule has 0 spiro atoms. The normalized spacial score (nSPS) is 19.5. The Bertz CT molecular complexity index is 506. The molecular formula is C12H22N4O2S. The molecule has 1 aliphatic rings. The fraction of sp³-hybridized carbons (Fsp3) is 0.750. The number of nitrogens with zero attached hydrogens (tertiary/aromatic N) is 2. The first-order valence-corrected chi connectivity index (χ1v) is 8.23. The van der Waals surface area contributed by atoms with Gasteiger partial charge in [-0.25, -0.2) is 13.1 Å². The quantitative estimate of drug-likeness (QED) is 0.829. The lowest BCUT2D eigenvalue weighted by atomic mass is 9.84. The van der Waals surface area contributed by atoms with E-state index in [-0.39, 0.29) is 11.1 Å². The highest BCUT2D eigenvalue weighted by molar-refractivity contribution is 7.89. The van der Waals surface area contributed by atoms with E-state index in [1.165, 1.54) is 23.4 Å². The standard InChI is InChI=1S/C12H22N4O2S/c1-16-12(7-8-14-16)19(17,18)15-11(9-13)10-5-3-2-4-6-10/h7-8,10-11,15H,2-6,9,13H2,1H3. The zero-order chi connectivity index (χ0) is 13.9. The van der Waals surface area contributed by atoms with E-state index in [1.54, 1.807) is 7.05 Å². The van der Waals surface area contributed by atoms with Crippen LogP contribution in [-0.4, -0.2) is 30.8 Å². The Morgan fingerprint density at radius 3 is 2.68 bits per heavy atom. The Kier molecular flexibility index (Phi) is 4.59. The molecule has 19 heavy (non-hydrogen) atoms. The van der Waals surface area contributed by atoms with E-state index in [4.69, 9.17) is 5.73 Å². The predicted molar refractivity (Wildman–Crippen MR) is 72.9 cm³/mol. The maximum absolute atomic E-state index is 12.3. The minimum Gasteiger partial charge on any atom is -0.329 e. The molecule has 1 aliphatic carbocycles. The van der Waals surface area contributed by atoms with Crippen molar-refractivity contribution < 1.29 is 8.42 Å². The van der Waals surface area contributed by atoms with Crippen LogP contribution in [0.4, 0.5) is 0 Å². The highest BCUT2D eigenvalue weighted by Crippen LogP contribution is 2.26. The summed E-state index contributed by atoms with van der Waals surface area (Å²) >= 11 is 0. The minimum atomic E-state index is -3.54. The van der Waals surface area contributed by atoms with Crippen molar-refractivity contribution in [3.8, 4) is 0 Å². The fourth-order valence-corrected chi connectivity index (χ4v) is 4.20. The van der Waals surface area contributed by atoms with Crippen molar-refractivity contribution in [2.24, 2.45) is 18.7 Å². The van der Waals surface area contributed by atoms with E-state index < -0.39 is 10.0 Å². The molecule has 0 aromatic carbocycles. The summed E-state index contributed by atoms with van der Waals surface area (Å²) in [4.78, 5) is 0. The lowest BCUT2D eigenvalue weighted by Crippen LogP contribution is -2.46. The van der Waals surface area contributed by atoms with Crippen molar-refractivity contribution in [3.63, 3.8) is 0 Å². The van der Waals surface area contributed by atoms with Gasteiger partial charge in [0.15, 0.2) is 5.03 Å². The second-order valence-electron chi connectivity index (χ2n) is 5.15. The molecule has 6 nitrogen and oxygen atoms in total. The molecule has 0 amide bonds. The molecule has 2 rings (SSSR count). The molecule has 1 heterocycles. The monoisotopic (exact) mass is 286 g/mol. The summed E-state index contributed by atoms with van der Waals surface area (Å²) < 4.78 is 28.7. The second kappa shape index (κ2) is 6.02. The zero-order valence-electron chi connectivity index (χ0n) is 11.2. The average Bonchev–Trinajstić information content (AvgIpc) is 2.84. The van der Waals surface area contributed by atoms with Gasteiger partial charge in [0.05, 0.1) is 6.20 Å². The highest BCUT2D eigenvalue weighted by atomic mass is 32.2. The van der Waals surface area contributed by atoms with Crippen LogP contribution in [0.3, 0.4) is 0 Å². The third-order valence-electron chi connectivity index (χ3n) is 3.83. The van der Waals surface area contributed by atoms with E-state index in [1.807, 2.05) is 0 Å². The van der Waals surface area contributed by atoms with E-state index in [9.17, 15) is 8.42 Å². The number of aryl methyl sites for hydroxylation is 1. The Labute approximate surface area is 114 Å². The summed E-state index contributed by atoms with van der Waals surface area (Å²) in [7, 11) is -1.92. The van der Waals surface area contributed by atoms with Crippen LogP contribution in [-0.2, 0) is 17.1 Å². The van der Waals surface area contributed by atoms with Gasteiger partial charge in [0.1, 0.15) is 0 Å². The lowest BCUT2D eigenvalue weighted by Gasteiger charge is -2.29. The van der Waals surface area contributed by atoms with Gasteiger partial charge in [-0.05, 0) is 24.8 Å². The molecule has 108 valence electrons. The van der Waals surface area contributed by atoms with Gasteiger partial charge in [0.2, 0.25) is 0 Å². The van der Waals surface area contributed by atoms with Crippen LogP contribution in [0.25, 0.3) is 0 Å². The number of rotatable bonds is 5. The molecule has 1 fully saturated rings. The van der Waals surface area contributed by atoms with E-state index >= 15 is 0 Å². The molecule has 7 heteroatoms. The fourth-order valence-electron chi connectivity index (χ4n) is 2.76. The summed E-state index contributed by atoms with van der Waals surface area (Å²) in [5.41, 5.74) is 5.75. The zero-order valence-corrected chi connectivity index (χ0v) is 12.1. The van der Waals surface area contributed by atoms with Crippen molar-refractivity contribution in [1.29, 1.82) is 0 Å². The van der Waals surface area contributed by atoms with Gasteiger partial charge >= 0.3 is 0 Å². The maximum Gasteiger partial charge on any atom is 0.258 e. The van der Waals surface area contributed by atoms with Crippen molar-refractivity contribution >= 4 is 10.0 Å². The largest absolute Gasteiger partial charge is 0.329 e. The summed E-state index contributed by atoms with van der Waals surface area (Å²) in [5.74, 6) is 0.349. The summed E-state index contributed by atoms with van der Waals surface area (Å²) in [6.45, 7) is 0.335. The number of nitrogens with one attached hydrogen (secondary N) is 1.